The third kappa shape index (κ3) is 2.70. The predicted octanol–water partition coefficient (Wildman–Crippen LogP) is 0.254. The summed E-state index contributed by atoms with van der Waals surface area (Å²) in [6.45, 7) is 0. The maximum absolute atomic E-state index is 11.9. The van der Waals surface area contributed by atoms with Crippen LogP contribution in [-0.4, -0.2) is 44.5 Å². The molecule has 8 heteroatoms. The number of thioether (sulfide) groups is 1. The van der Waals surface area contributed by atoms with Crippen molar-refractivity contribution in [3.63, 3.8) is 0 Å². The van der Waals surface area contributed by atoms with E-state index in [1.807, 2.05) is 0 Å². The van der Waals surface area contributed by atoms with Crippen LogP contribution in [-0.2, 0) is 16.0 Å². The summed E-state index contributed by atoms with van der Waals surface area (Å²) in [6.07, 6.45) is 0.109. The summed E-state index contributed by atoms with van der Waals surface area (Å²) in [4.78, 5) is 28.2. The van der Waals surface area contributed by atoms with Gasteiger partial charge in [0.1, 0.15) is 6.04 Å². The number of hydrogen-bond acceptors (Lipinski definition) is 6. The fourth-order valence-electron chi connectivity index (χ4n) is 1.55. The van der Waals surface area contributed by atoms with Crippen molar-refractivity contribution < 1.29 is 14.7 Å². The van der Waals surface area contributed by atoms with Crippen LogP contribution in [0.25, 0.3) is 0 Å². The molecule has 1 aliphatic rings. The smallest absolute Gasteiger partial charge is 0.327 e. The van der Waals surface area contributed by atoms with Crippen molar-refractivity contribution >= 4 is 40.1 Å². The van der Waals surface area contributed by atoms with Crippen LogP contribution in [0.2, 0.25) is 0 Å². The van der Waals surface area contributed by atoms with E-state index in [0.717, 1.165) is 0 Å². The van der Waals surface area contributed by atoms with E-state index in [1.165, 1.54) is 28.0 Å². The van der Waals surface area contributed by atoms with E-state index in [2.05, 4.69) is 4.98 Å². The van der Waals surface area contributed by atoms with Crippen molar-refractivity contribution in [1.82, 2.24) is 9.88 Å². The van der Waals surface area contributed by atoms with Crippen LogP contribution in [0, 0.1) is 0 Å². The Morgan fingerprint density at radius 3 is 3.00 bits per heavy atom. The van der Waals surface area contributed by atoms with Gasteiger partial charge in [-0.3, -0.25) is 4.79 Å². The number of nitrogen functional groups attached to an aromatic ring is 1. The molecule has 0 spiro atoms. The van der Waals surface area contributed by atoms with Crippen molar-refractivity contribution in [2.45, 2.75) is 12.5 Å². The summed E-state index contributed by atoms with van der Waals surface area (Å²) in [7, 11) is 0. The Bertz CT molecular complexity index is 448. The lowest BCUT2D eigenvalue weighted by atomic mass is 10.2. The third-order valence-corrected chi connectivity index (χ3v) is 4.12. The Morgan fingerprint density at radius 2 is 2.41 bits per heavy atom. The zero-order valence-electron chi connectivity index (χ0n) is 8.83. The molecule has 1 amide bonds. The van der Waals surface area contributed by atoms with E-state index >= 15 is 0 Å². The molecule has 1 aromatic rings. The molecule has 2 rings (SSSR count). The predicted molar refractivity (Wildman–Crippen MR) is 65.8 cm³/mol. The zero-order valence-corrected chi connectivity index (χ0v) is 10.5. The summed E-state index contributed by atoms with van der Waals surface area (Å²) in [5.74, 6) is -0.302. The highest BCUT2D eigenvalue weighted by molar-refractivity contribution is 7.99. The van der Waals surface area contributed by atoms with Gasteiger partial charge in [-0.05, 0) is 0 Å². The number of rotatable bonds is 3. The quantitative estimate of drug-likeness (QED) is 0.819. The van der Waals surface area contributed by atoms with Crippen molar-refractivity contribution in [2.24, 2.45) is 0 Å². The first-order valence-corrected chi connectivity index (χ1v) is 6.91. The molecule has 0 radical (unpaired) electrons. The largest absolute Gasteiger partial charge is 0.480 e. The first-order chi connectivity index (χ1) is 8.08. The molecule has 6 nitrogen and oxygen atoms in total. The maximum atomic E-state index is 11.9. The van der Waals surface area contributed by atoms with Crippen LogP contribution in [0.1, 0.15) is 5.69 Å². The highest BCUT2D eigenvalue weighted by Crippen LogP contribution is 2.22. The molecule has 0 bridgehead atoms. The van der Waals surface area contributed by atoms with Gasteiger partial charge in [-0.1, -0.05) is 0 Å². The summed E-state index contributed by atoms with van der Waals surface area (Å²) in [6, 6.07) is -0.719. The van der Waals surface area contributed by atoms with Gasteiger partial charge in [0, 0.05) is 11.1 Å². The molecule has 1 saturated heterocycles. The Labute approximate surface area is 106 Å². The van der Waals surface area contributed by atoms with Gasteiger partial charge in [0.25, 0.3) is 0 Å². The minimum Gasteiger partial charge on any atom is -0.480 e. The third-order valence-electron chi connectivity index (χ3n) is 2.39. The molecule has 3 N–H and O–H groups in total. The van der Waals surface area contributed by atoms with Crippen molar-refractivity contribution in [2.75, 3.05) is 17.4 Å². The van der Waals surface area contributed by atoms with Gasteiger partial charge in [-0.25, -0.2) is 9.78 Å². The first kappa shape index (κ1) is 12.2. The van der Waals surface area contributed by atoms with E-state index in [1.54, 1.807) is 5.38 Å². The normalized spacial score (nSPS) is 19.5. The van der Waals surface area contributed by atoms with Gasteiger partial charge in [0.15, 0.2) is 5.13 Å². The SMILES string of the molecule is Nc1nc(CC(=O)N2CSC[C@H]2C(=O)O)cs1. The second kappa shape index (κ2) is 4.92. The monoisotopic (exact) mass is 273 g/mol. The first-order valence-electron chi connectivity index (χ1n) is 4.88. The number of hydrogen-bond donors (Lipinski definition) is 2. The molecule has 0 saturated carbocycles. The molecular formula is C9H11N3O3S2. The lowest BCUT2D eigenvalue weighted by Crippen LogP contribution is -2.42. The van der Waals surface area contributed by atoms with Crippen LogP contribution >= 0.6 is 23.1 Å². The lowest BCUT2D eigenvalue weighted by molar-refractivity contribution is -0.147. The van der Waals surface area contributed by atoms with Crippen molar-refractivity contribution in [1.29, 1.82) is 0 Å². The number of amides is 1. The number of thiazole rings is 1. The second-order valence-corrected chi connectivity index (χ2v) is 5.46. The summed E-state index contributed by atoms with van der Waals surface area (Å²) < 4.78 is 0. The Morgan fingerprint density at radius 1 is 1.65 bits per heavy atom. The fourth-order valence-corrected chi connectivity index (χ4v) is 3.29. The highest BCUT2D eigenvalue weighted by Gasteiger charge is 2.34. The molecule has 1 aliphatic heterocycles. The molecule has 1 atom stereocenters. The molecule has 0 aliphatic carbocycles. The fraction of sp³-hybridized carbons (Fsp3) is 0.444. The van der Waals surface area contributed by atoms with Crippen molar-refractivity contribution in [3.8, 4) is 0 Å². The molecule has 92 valence electrons. The van der Waals surface area contributed by atoms with Crippen LogP contribution < -0.4 is 5.73 Å². The van der Waals surface area contributed by atoms with E-state index < -0.39 is 12.0 Å². The number of carbonyl (C=O) groups excluding carboxylic acids is 1. The standard InChI is InChI=1S/C9H11N3O3S2/c10-9-11-5(2-17-9)1-7(13)12-4-16-3-6(12)8(14)15/h2,6H,1,3-4H2,(H2,10,11)(H,14,15)/t6-/m0/s1. The van der Waals surface area contributed by atoms with Crippen LogP contribution in [0.3, 0.4) is 0 Å². The van der Waals surface area contributed by atoms with E-state index in [0.29, 0.717) is 22.5 Å². The van der Waals surface area contributed by atoms with Crippen LogP contribution in [0.4, 0.5) is 5.13 Å². The lowest BCUT2D eigenvalue weighted by Gasteiger charge is -2.19. The molecule has 1 aromatic heterocycles. The molecule has 0 unspecified atom stereocenters. The number of aromatic nitrogens is 1. The van der Waals surface area contributed by atoms with E-state index in [9.17, 15) is 9.59 Å². The number of anilines is 1. The van der Waals surface area contributed by atoms with Crippen molar-refractivity contribution in [3.05, 3.63) is 11.1 Å². The average molecular weight is 273 g/mol. The van der Waals surface area contributed by atoms with E-state index in [-0.39, 0.29) is 12.3 Å². The number of carbonyl (C=O) groups is 2. The van der Waals surface area contributed by atoms with Crippen LogP contribution in [0.5, 0.6) is 0 Å². The zero-order chi connectivity index (χ0) is 12.4. The topological polar surface area (TPSA) is 96.5 Å². The van der Waals surface area contributed by atoms with Gasteiger partial charge in [-0.2, -0.15) is 0 Å². The number of carboxylic acids is 1. The van der Waals surface area contributed by atoms with Gasteiger partial charge in [-0.15, -0.1) is 23.1 Å². The van der Waals surface area contributed by atoms with Gasteiger partial charge >= 0.3 is 5.97 Å². The Hall–Kier alpha value is -1.28. The number of nitrogens with zero attached hydrogens (tertiary/aromatic N) is 2. The van der Waals surface area contributed by atoms with E-state index in [4.69, 9.17) is 10.8 Å². The Balaban J connectivity index is 2.02. The molecular weight excluding hydrogens is 262 g/mol. The summed E-state index contributed by atoms with van der Waals surface area (Å²) in [5, 5.41) is 11.1. The number of aliphatic carboxylic acids is 1. The number of nitrogens with two attached hydrogens (primary N) is 1. The summed E-state index contributed by atoms with van der Waals surface area (Å²) in [5.41, 5.74) is 6.06. The van der Waals surface area contributed by atoms with Gasteiger partial charge in [0.05, 0.1) is 18.0 Å². The molecule has 1 fully saturated rings. The summed E-state index contributed by atoms with van der Waals surface area (Å²) >= 11 is 2.71. The van der Waals surface area contributed by atoms with Gasteiger partial charge in [0.2, 0.25) is 5.91 Å². The Kier molecular flexibility index (Phi) is 3.53. The number of carboxylic acid groups (broad SMARTS) is 1. The van der Waals surface area contributed by atoms with Crippen LogP contribution in [0.15, 0.2) is 5.38 Å². The maximum Gasteiger partial charge on any atom is 0.327 e. The highest BCUT2D eigenvalue weighted by atomic mass is 32.2. The second-order valence-electron chi connectivity index (χ2n) is 3.57. The minimum atomic E-state index is -0.957. The average Bonchev–Trinajstić information content (AvgIpc) is 2.86. The molecule has 0 aromatic carbocycles. The molecule has 17 heavy (non-hydrogen) atoms. The minimum absolute atomic E-state index is 0.109. The van der Waals surface area contributed by atoms with Gasteiger partial charge < -0.3 is 15.7 Å². The molecule has 2 heterocycles.